The number of benzene rings is 2. The fourth-order valence-corrected chi connectivity index (χ4v) is 3.48. The Morgan fingerprint density at radius 3 is 2.69 bits per heavy atom. The average molecular weight is 347 g/mol. The van der Waals surface area contributed by atoms with Crippen molar-refractivity contribution in [2.75, 3.05) is 0 Å². The Balaban J connectivity index is 1.58. The van der Waals surface area contributed by atoms with Gasteiger partial charge < -0.3 is 4.42 Å². The molecule has 2 aromatic carbocycles. The van der Waals surface area contributed by atoms with Crippen molar-refractivity contribution in [3.63, 3.8) is 0 Å². The van der Waals surface area contributed by atoms with Crippen molar-refractivity contribution in [1.29, 1.82) is 0 Å². The molecule has 5 heteroatoms. The molecule has 0 saturated heterocycles. The van der Waals surface area contributed by atoms with E-state index in [2.05, 4.69) is 4.98 Å². The van der Waals surface area contributed by atoms with Crippen LogP contribution >= 0.6 is 0 Å². The van der Waals surface area contributed by atoms with Crippen molar-refractivity contribution in [3.05, 3.63) is 71.9 Å². The molecular formula is C21H18FN3O. The normalized spacial score (nSPS) is 14.7. The van der Waals surface area contributed by atoms with E-state index < -0.39 is 0 Å². The van der Waals surface area contributed by atoms with Gasteiger partial charge >= 0.3 is 0 Å². The van der Waals surface area contributed by atoms with Gasteiger partial charge in [0.1, 0.15) is 12.1 Å². The molecule has 2 heterocycles. The summed E-state index contributed by atoms with van der Waals surface area (Å²) in [6.45, 7) is 0.364. The Morgan fingerprint density at radius 1 is 1.08 bits per heavy atom. The Hall–Kier alpha value is -2.95. The molecule has 0 radical (unpaired) electrons. The smallest absolute Gasteiger partial charge is 0.247 e. The average Bonchev–Trinajstić information content (AvgIpc) is 3.21. The Morgan fingerprint density at radius 2 is 1.88 bits per heavy atom. The summed E-state index contributed by atoms with van der Waals surface area (Å²) in [7, 11) is 0. The number of oxazole rings is 1. The third-order valence-corrected chi connectivity index (χ3v) is 5.18. The zero-order valence-corrected chi connectivity index (χ0v) is 14.2. The van der Waals surface area contributed by atoms with E-state index in [0.29, 0.717) is 29.6 Å². The van der Waals surface area contributed by atoms with Crippen LogP contribution in [0.3, 0.4) is 0 Å². The first-order valence-electron chi connectivity index (χ1n) is 8.94. The molecule has 1 fully saturated rings. The molecule has 1 aliphatic carbocycles. The number of hydrogen-bond donors (Lipinski definition) is 0. The second-order valence-corrected chi connectivity index (χ2v) is 6.82. The molecule has 1 aliphatic rings. The van der Waals surface area contributed by atoms with Crippen molar-refractivity contribution >= 4 is 10.9 Å². The maximum Gasteiger partial charge on any atom is 0.247 e. The van der Waals surface area contributed by atoms with Crippen LogP contribution in [0.4, 0.5) is 4.39 Å². The minimum absolute atomic E-state index is 0.225. The Bertz CT molecular complexity index is 1080. The highest BCUT2D eigenvalue weighted by atomic mass is 19.1. The van der Waals surface area contributed by atoms with E-state index in [-0.39, 0.29) is 5.82 Å². The Kier molecular flexibility index (Phi) is 3.59. The van der Waals surface area contributed by atoms with Crippen molar-refractivity contribution in [1.82, 2.24) is 14.8 Å². The van der Waals surface area contributed by atoms with Crippen LogP contribution in [-0.4, -0.2) is 14.8 Å². The summed E-state index contributed by atoms with van der Waals surface area (Å²) in [5.74, 6) is 0.826. The van der Waals surface area contributed by atoms with Crippen LogP contribution < -0.4 is 0 Å². The molecule has 0 atom stereocenters. The van der Waals surface area contributed by atoms with Gasteiger partial charge in [0.15, 0.2) is 5.69 Å². The fraction of sp³-hybridized carbons (Fsp3) is 0.238. The van der Waals surface area contributed by atoms with Crippen LogP contribution in [0.2, 0.25) is 0 Å². The van der Waals surface area contributed by atoms with Gasteiger partial charge in [-0.1, -0.05) is 42.8 Å². The van der Waals surface area contributed by atoms with Crippen molar-refractivity contribution in [3.8, 4) is 11.6 Å². The maximum absolute atomic E-state index is 14.1. The van der Waals surface area contributed by atoms with Gasteiger partial charge in [0.25, 0.3) is 0 Å². The molecule has 5 rings (SSSR count). The van der Waals surface area contributed by atoms with Crippen molar-refractivity contribution in [2.45, 2.75) is 31.7 Å². The summed E-state index contributed by atoms with van der Waals surface area (Å²) in [6.07, 6.45) is 5.36. The molecule has 0 bridgehead atoms. The number of hydrogen-bond acceptors (Lipinski definition) is 3. The van der Waals surface area contributed by atoms with E-state index in [1.807, 2.05) is 35.0 Å². The molecule has 130 valence electrons. The lowest BCUT2D eigenvalue weighted by molar-refractivity contribution is 0.409. The number of nitrogens with zero attached hydrogens (tertiary/aromatic N) is 3. The number of para-hydroxylation sites is 1. The van der Waals surface area contributed by atoms with E-state index >= 15 is 0 Å². The first-order chi connectivity index (χ1) is 12.8. The van der Waals surface area contributed by atoms with E-state index in [1.54, 1.807) is 18.4 Å². The van der Waals surface area contributed by atoms with Crippen molar-refractivity contribution in [2.24, 2.45) is 0 Å². The van der Waals surface area contributed by atoms with Gasteiger partial charge in [-0.2, -0.15) is 5.10 Å². The SMILES string of the molecule is Fc1ccccc1Cn1nc(-c2nc(C3CCC3)co2)c2ccccc21. The molecule has 26 heavy (non-hydrogen) atoms. The topological polar surface area (TPSA) is 43.9 Å². The van der Waals surface area contributed by atoms with Crippen LogP contribution in [0.5, 0.6) is 0 Å². The van der Waals surface area contributed by atoms with E-state index in [9.17, 15) is 4.39 Å². The summed E-state index contributed by atoms with van der Waals surface area (Å²) in [4.78, 5) is 4.67. The monoisotopic (exact) mass is 347 g/mol. The lowest BCUT2D eigenvalue weighted by Gasteiger charge is -2.22. The largest absolute Gasteiger partial charge is 0.443 e. The summed E-state index contributed by atoms with van der Waals surface area (Å²) in [6, 6.07) is 14.7. The summed E-state index contributed by atoms with van der Waals surface area (Å²) >= 11 is 0. The number of halogens is 1. The van der Waals surface area contributed by atoms with Crippen molar-refractivity contribution < 1.29 is 8.81 Å². The van der Waals surface area contributed by atoms with Crippen LogP contribution in [0.15, 0.2) is 59.2 Å². The molecule has 0 aliphatic heterocycles. The minimum Gasteiger partial charge on any atom is -0.443 e. The molecule has 1 saturated carbocycles. The van der Waals surface area contributed by atoms with Gasteiger partial charge in [0.05, 0.1) is 17.8 Å². The van der Waals surface area contributed by atoms with Gasteiger partial charge in [-0.3, -0.25) is 4.68 Å². The van der Waals surface area contributed by atoms with Gasteiger partial charge in [-0.15, -0.1) is 0 Å². The molecule has 0 amide bonds. The van der Waals surface area contributed by atoms with E-state index in [1.165, 1.54) is 25.3 Å². The molecule has 4 aromatic rings. The van der Waals surface area contributed by atoms with Crippen LogP contribution in [0.1, 0.15) is 36.4 Å². The van der Waals surface area contributed by atoms with E-state index in [0.717, 1.165) is 16.6 Å². The first kappa shape index (κ1) is 15.3. The second kappa shape index (κ2) is 6.09. The van der Waals surface area contributed by atoms with Gasteiger partial charge in [-0.05, 0) is 25.0 Å². The highest BCUT2D eigenvalue weighted by Gasteiger charge is 2.24. The third kappa shape index (κ3) is 2.51. The van der Waals surface area contributed by atoms with Crippen LogP contribution in [0, 0.1) is 5.82 Å². The van der Waals surface area contributed by atoms with Gasteiger partial charge in [-0.25, -0.2) is 9.37 Å². The highest BCUT2D eigenvalue weighted by molar-refractivity contribution is 5.91. The molecular weight excluding hydrogens is 329 g/mol. The summed E-state index contributed by atoms with van der Waals surface area (Å²) in [5, 5.41) is 5.67. The number of aromatic nitrogens is 3. The zero-order valence-electron chi connectivity index (χ0n) is 14.2. The molecule has 4 nitrogen and oxygen atoms in total. The molecule has 2 aromatic heterocycles. The van der Waals surface area contributed by atoms with Gasteiger partial charge in [0.2, 0.25) is 5.89 Å². The quantitative estimate of drug-likeness (QED) is 0.513. The lowest BCUT2D eigenvalue weighted by atomic mass is 9.83. The third-order valence-electron chi connectivity index (χ3n) is 5.18. The Labute approximate surface area is 150 Å². The lowest BCUT2D eigenvalue weighted by Crippen LogP contribution is -2.08. The predicted octanol–water partition coefficient (Wildman–Crippen LogP) is 5.15. The van der Waals surface area contributed by atoms with Gasteiger partial charge in [0, 0.05) is 16.9 Å². The highest BCUT2D eigenvalue weighted by Crippen LogP contribution is 2.37. The molecule has 0 unspecified atom stereocenters. The summed E-state index contributed by atoms with van der Waals surface area (Å²) in [5.41, 5.74) is 3.27. The first-order valence-corrected chi connectivity index (χ1v) is 8.94. The minimum atomic E-state index is -0.225. The molecule has 0 N–H and O–H groups in total. The predicted molar refractivity (Wildman–Crippen MR) is 97.3 cm³/mol. The second-order valence-electron chi connectivity index (χ2n) is 6.82. The zero-order chi connectivity index (χ0) is 17.5. The molecule has 0 spiro atoms. The summed E-state index contributed by atoms with van der Waals surface area (Å²) < 4.78 is 21.6. The fourth-order valence-electron chi connectivity index (χ4n) is 3.48. The standard InChI is InChI=1S/C21H18FN3O/c22-17-10-3-1-6-15(17)12-25-19-11-4-2-9-16(19)20(24-25)21-23-18(13-26-21)14-7-5-8-14/h1-4,6,9-11,13-14H,5,7-8,12H2. The van der Waals surface area contributed by atoms with Crippen LogP contribution in [-0.2, 0) is 6.54 Å². The number of fused-ring (bicyclic) bond motifs is 1. The van der Waals surface area contributed by atoms with E-state index in [4.69, 9.17) is 9.52 Å². The van der Waals surface area contributed by atoms with Crippen LogP contribution in [0.25, 0.3) is 22.5 Å². The maximum atomic E-state index is 14.1. The number of rotatable bonds is 4.